The first kappa shape index (κ1) is 16.6. The maximum Gasteiger partial charge on any atom is 0.338 e. The Morgan fingerprint density at radius 2 is 2.05 bits per heavy atom. The van der Waals surface area contributed by atoms with Crippen LogP contribution in [0.3, 0.4) is 0 Å². The van der Waals surface area contributed by atoms with Crippen molar-refractivity contribution in [2.75, 3.05) is 27.2 Å². The van der Waals surface area contributed by atoms with Gasteiger partial charge in [-0.1, -0.05) is 19.1 Å². The second-order valence-corrected chi connectivity index (χ2v) is 5.26. The number of nitrogens with zero attached hydrogens (tertiary/aromatic N) is 2. The highest BCUT2D eigenvalue weighted by molar-refractivity contribution is 5.88. The van der Waals surface area contributed by atoms with E-state index >= 15 is 0 Å². The Labute approximate surface area is 119 Å². The fourth-order valence-corrected chi connectivity index (χ4v) is 2.31. The van der Waals surface area contributed by atoms with Gasteiger partial charge < -0.3 is 10.0 Å². The molecule has 0 aliphatic heterocycles. The summed E-state index contributed by atoms with van der Waals surface area (Å²) < 4.78 is 14.1. The average Bonchev–Trinajstić information content (AvgIpc) is 2.36. The van der Waals surface area contributed by atoms with Crippen molar-refractivity contribution >= 4 is 5.97 Å². The molecule has 1 aromatic rings. The maximum absolute atomic E-state index is 14.1. The third-order valence-corrected chi connectivity index (χ3v) is 3.34. The Hall–Kier alpha value is -1.46. The number of rotatable bonds is 7. The molecule has 0 aromatic heterocycles. The topological polar surface area (TPSA) is 43.8 Å². The molecule has 0 saturated carbocycles. The highest BCUT2D eigenvalue weighted by Crippen LogP contribution is 2.16. The molecule has 20 heavy (non-hydrogen) atoms. The lowest BCUT2D eigenvalue weighted by atomic mass is 10.1. The van der Waals surface area contributed by atoms with Crippen LogP contribution in [0, 0.1) is 5.82 Å². The molecule has 0 radical (unpaired) electrons. The van der Waals surface area contributed by atoms with Crippen molar-refractivity contribution in [3.05, 3.63) is 35.1 Å². The lowest BCUT2D eigenvalue weighted by Gasteiger charge is -2.30. The van der Waals surface area contributed by atoms with Crippen LogP contribution in [0.25, 0.3) is 0 Å². The van der Waals surface area contributed by atoms with Crippen molar-refractivity contribution in [1.82, 2.24) is 9.80 Å². The minimum absolute atomic E-state index is 0.265. The van der Waals surface area contributed by atoms with Crippen LogP contribution >= 0.6 is 0 Å². The van der Waals surface area contributed by atoms with E-state index in [1.165, 1.54) is 6.07 Å². The van der Waals surface area contributed by atoms with Gasteiger partial charge in [0, 0.05) is 24.7 Å². The van der Waals surface area contributed by atoms with Crippen molar-refractivity contribution in [2.45, 2.75) is 26.4 Å². The summed E-state index contributed by atoms with van der Waals surface area (Å²) in [5.41, 5.74) is 0.163. The van der Waals surface area contributed by atoms with Crippen molar-refractivity contribution in [3.8, 4) is 0 Å². The minimum atomic E-state index is -1.23. The van der Waals surface area contributed by atoms with E-state index in [1.54, 1.807) is 12.1 Å². The summed E-state index contributed by atoms with van der Waals surface area (Å²) in [7, 11) is 3.99. The van der Waals surface area contributed by atoms with E-state index in [0.29, 0.717) is 12.1 Å². The van der Waals surface area contributed by atoms with Gasteiger partial charge in [-0.3, -0.25) is 4.90 Å². The Kier molecular flexibility index (Phi) is 6.10. The Bertz CT molecular complexity index is 463. The maximum atomic E-state index is 14.1. The van der Waals surface area contributed by atoms with E-state index in [2.05, 4.69) is 16.7 Å². The van der Waals surface area contributed by atoms with E-state index in [-0.39, 0.29) is 11.6 Å². The molecule has 1 atom stereocenters. The van der Waals surface area contributed by atoms with Gasteiger partial charge in [-0.15, -0.1) is 0 Å². The normalized spacial score (nSPS) is 12.9. The first-order valence-corrected chi connectivity index (χ1v) is 6.76. The fourth-order valence-electron chi connectivity index (χ4n) is 2.31. The molecule has 112 valence electrons. The molecule has 0 bridgehead atoms. The predicted molar refractivity (Wildman–Crippen MR) is 77.5 cm³/mol. The van der Waals surface area contributed by atoms with Crippen LogP contribution in [-0.4, -0.2) is 54.1 Å². The molecule has 5 heteroatoms. The highest BCUT2D eigenvalue weighted by Gasteiger charge is 2.18. The number of likely N-dealkylation sites (N-methyl/N-ethyl adjacent to an activating group) is 2. The lowest BCUT2D eigenvalue weighted by molar-refractivity contribution is 0.0691. The predicted octanol–water partition coefficient (Wildman–Crippen LogP) is 2.30. The molecule has 4 nitrogen and oxygen atoms in total. The Morgan fingerprint density at radius 1 is 1.40 bits per heavy atom. The first-order chi connectivity index (χ1) is 9.36. The van der Waals surface area contributed by atoms with Crippen LogP contribution < -0.4 is 0 Å². The van der Waals surface area contributed by atoms with E-state index < -0.39 is 11.8 Å². The van der Waals surface area contributed by atoms with Crippen LogP contribution in [0.5, 0.6) is 0 Å². The fraction of sp³-hybridized carbons (Fsp3) is 0.533. The summed E-state index contributed by atoms with van der Waals surface area (Å²) >= 11 is 0. The monoisotopic (exact) mass is 282 g/mol. The molecule has 0 heterocycles. The molecule has 1 aromatic carbocycles. The highest BCUT2D eigenvalue weighted by atomic mass is 19.1. The van der Waals surface area contributed by atoms with E-state index in [0.717, 1.165) is 13.1 Å². The molecule has 0 saturated heterocycles. The molecule has 0 aliphatic rings. The van der Waals surface area contributed by atoms with Gasteiger partial charge in [0.15, 0.2) is 0 Å². The number of carbonyl (C=O) groups is 1. The zero-order valence-corrected chi connectivity index (χ0v) is 12.6. The number of carboxylic acid groups (broad SMARTS) is 1. The summed E-state index contributed by atoms with van der Waals surface area (Å²) in [4.78, 5) is 15.2. The van der Waals surface area contributed by atoms with Crippen molar-refractivity contribution < 1.29 is 14.3 Å². The van der Waals surface area contributed by atoms with Gasteiger partial charge in [-0.25, -0.2) is 9.18 Å². The van der Waals surface area contributed by atoms with Crippen molar-refractivity contribution in [1.29, 1.82) is 0 Å². The van der Waals surface area contributed by atoms with E-state index in [4.69, 9.17) is 5.11 Å². The summed E-state index contributed by atoms with van der Waals surface area (Å²) in [6, 6.07) is 4.79. The van der Waals surface area contributed by atoms with Crippen molar-refractivity contribution in [3.63, 3.8) is 0 Å². The summed E-state index contributed by atoms with van der Waals surface area (Å²) in [5, 5.41) is 8.95. The number of aromatic carboxylic acids is 1. The minimum Gasteiger partial charge on any atom is -0.478 e. The third-order valence-electron chi connectivity index (χ3n) is 3.34. The number of hydrogen-bond acceptors (Lipinski definition) is 3. The van der Waals surface area contributed by atoms with Gasteiger partial charge in [-0.05, 0) is 33.6 Å². The smallest absolute Gasteiger partial charge is 0.338 e. The molecule has 1 rings (SSSR count). The summed E-state index contributed by atoms with van der Waals surface area (Å²) in [6.45, 7) is 6.17. The van der Waals surface area contributed by atoms with Crippen LogP contribution in [-0.2, 0) is 6.54 Å². The summed E-state index contributed by atoms with van der Waals surface area (Å²) in [6.07, 6.45) is 0. The zero-order valence-electron chi connectivity index (χ0n) is 12.6. The zero-order chi connectivity index (χ0) is 15.3. The first-order valence-electron chi connectivity index (χ1n) is 6.76. The van der Waals surface area contributed by atoms with Crippen LogP contribution in [0.1, 0.15) is 29.8 Å². The van der Waals surface area contributed by atoms with Crippen molar-refractivity contribution in [2.24, 2.45) is 0 Å². The van der Waals surface area contributed by atoms with Gasteiger partial charge in [0.05, 0.1) is 5.56 Å². The van der Waals surface area contributed by atoms with Gasteiger partial charge in [0.2, 0.25) is 0 Å². The molecule has 1 N–H and O–H groups in total. The number of hydrogen-bond donors (Lipinski definition) is 1. The van der Waals surface area contributed by atoms with Crippen LogP contribution in [0.15, 0.2) is 18.2 Å². The van der Waals surface area contributed by atoms with Gasteiger partial charge in [0.25, 0.3) is 0 Å². The van der Waals surface area contributed by atoms with Gasteiger partial charge in [0.1, 0.15) is 5.82 Å². The van der Waals surface area contributed by atoms with E-state index in [1.807, 2.05) is 21.0 Å². The van der Waals surface area contributed by atoms with Crippen LogP contribution in [0.4, 0.5) is 4.39 Å². The number of halogens is 1. The van der Waals surface area contributed by atoms with Gasteiger partial charge >= 0.3 is 5.97 Å². The molecule has 0 spiro atoms. The molecule has 1 unspecified atom stereocenters. The Morgan fingerprint density at radius 3 is 2.55 bits per heavy atom. The van der Waals surface area contributed by atoms with Gasteiger partial charge in [-0.2, -0.15) is 0 Å². The SMILES string of the molecule is CCN(Cc1cccc(C(=O)O)c1F)C(C)CN(C)C. The van der Waals surface area contributed by atoms with Crippen LogP contribution in [0.2, 0.25) is 0 Å². The molecule has 0 amide bonds. The lowest BCUT2D eigenvalue weighted by Crippen LogP contribution is -2.39. The quantitative estimate of drug-likeness (QED) is 0.833. The number of carboxylic acids is 1. The molecular formula is C15H23FN2O2. The second-order valence-electron chi connectivity index (χ2n) is 5.26. The average molecular weight is 282 g/mol. The Balaban J connectivity index is 2.90. The largest absolute Gasteiger partial charge is 0.478 e. The molecule has 0 aliphatic carbocycles. The van der Waals surface area contributed by atoms with E-state index in [9.17, 15) is 9.18 Å². The summed E-state index contributed by atoms with van der Waals surface area (Å²) in [5.74, 6) is -1.86. The molecular weight excluding hydrogens is 259 g/mol. The molecule has 0 fully saturated rings. The third kappa shape index (κ3) is 4.28. The number of benzene rings is 1. The standard InChI is InChI=1S/C15H23FN2O2/c1-5-18(11(2)9-17(3)4)10-12-7-6-8-13(14(12)16)15(19)20/h6-8,11H,5,9-10H2,1-4H3,(H,19,20). The second kappa shape index (κ2) is 7.36.